The summed E-state index contributed by atoms with van der Waals surface area (Å²) >= 11 is 0. The van der Waals surface area contributed by atoms with E-state index in [0.29, 0.717) is 29.4 Å². The first-order chi connectivity index (χ1) is 9.19. The van der Waals surface area contributed by atoms with Crippen molar-refractivity contribution in [3.63, 3.8) is 0 Å². The van der Waals surface area contributed by atoms with Crippen molar-refractivity contribution >= 4 is 11.6 Å². The number of anilines is 1. The molecule has 0 aliphatic heterocycles. The molecule has 1 amide bonds. The minimum absolute atomic E-state index is 0.189. The number of nitrogens with one attached hydrogen (secondary N) is 2. The number of rotatable bonds is 5. The van der Waals surface area contributed by atoms with Gasteiger partial charge in [0.15, 0.2) is 5.82 Å². The first kappa shape index (κ1) is 12.8. The molecule has 0 spiro atoms. The van der Waals surface area contributed by atoms with Crippen molar-refractivity contribution in [1.29, 1.82) is 0 Å². The fraction of sp³-hybridized carbons (Fsp3) is 0.273. The number of aromatic amines is 1. The molecule has 0 unspecified atom stereocenters. The van der Waals surface area contributed by atoms with Crippen molar-refractivity contribution in [2.45, 2.75) is 13.5 Å². The van der Waals surface area contributed by atoms with Crippen molar-refractivity contribution in [2.24, 2.45) is 0 Å². The lowest BCUT2D eigenvalue weighted by atomic mass is 10.1. The monoisotopic (exact) mass is 262 g/mol. The first-order valence-corrected chi connectivity index (χ1v) is 5.73. The van der Waals surface area contributed by atoms with Crippen molar-refractivity contribution in [3.05, 3.63) is 29.6 Å². The van der Waals surface area contributed by atoms with E-state index in [1.54, 1.807) is 18.2 Å². The van der Waals surface area contributed by atoms with Gasteiger partial charge in [-0.05, 0) is 19.1 Å². The number of H-pyrrole nitrogens is 1. The fourth-order valence-corrected chi connectivity index (χ4v) is 1.52. The van der Waals surface area contributed by atoms with Gasteiger partial charge in [0, 0.05) is 17.3 Å². The van der Waals surface area contributed by atoms with E-state index in [2.05, 4.69) is 25.9 Å². The third-order valence-corrected chi connectivity index (χ3v) is 2.30. The topological polar surface area (TPSA) is 119 Å². The highest BCUT2D eigenvalue weighted by Crippen LogP contribution is 2.18. The lowest BCUT2D eigenvalue weighted by Crippen LogP contribution is -2.23. The summed E-state index contributed by atoms with van der Waals surface area (Å²) in [5.41, 5.74) is 6.61. The highest BCUT2D eigenvalue weighted by atomic mass is 16.5. The van der Waals surface area contributed by atoms with Gasteiger partial charge in [-0.15, -0.1) is 10.2 Å². The molecule has 8 nitrogen and oxygen atoms in total. The van der Waals surface area contributed by atoms with Crippen molar-refractivity contribution in [2.75, 3.05) is 12.3 Å². The Balaban J connectivity index is 2.05. The number of nitrogen functional groups attached to an aromatic ring is 1. The largest absolute Gasteiger partial charge is 0.494 e. The minimum Gasteiger partial charge on any atom is -0.494 e. The third kappa shape index (κ3) is 3.41. The number of ether oxygens (including phenoxy) is 1. The number of tetrazole rings is 1. The lowest BCUT2D eigenvalue weighted by Gasteiger charge is -2.08. The average Bonchev–Trinajstić information content (AvgIpc) is 2.88. The molecule has 1 aromatic heterocycles. The van der Waals surface area contributed by atoms with E-state index >= 15 is 0 Å². The molecule has 2 aromatic rings. The summed E-state index contributed by atoms with van der Waals surface area (Å²) in [7, 11) is 0. The van der Waals surface area contributed by atoms with Gasteiger partial charge in [0.2, 0.25) is 0 Å². The fourth-order valence-electron chi connectivity index (χ4n) is 1.52. The molecule has 0 aliphatic rings. The zero-order chi connectivity index (χ0) is 13.7. The number of nitrogens with two attached hydrogens (primary N) is 1. The predicted octanol–water partition coefficient (Wildman–Crippen LogP) is 0.111. The number of aromatic nitrogens is 4. The molecule has 100 valence electrons. The van der Waals surface area contributed by atoms with Gasteiger partial charge in [-0.2, -0.15) is 5.21 Å². The first-order valence-electron chi connectivity index (χ1n) is 5.73. The van der Waals surface area contributed by atoms with Gasteiger partial charge in [0.1, 0.15) is 5.75 Å². The van der Waals surface area contributed by atoms with Gasteiger partial charge >= 0.3 is 0 Å². The van der Waals surface area contributed by atoms with Gasteiger partial charge in [-0.3, -0.25) is 4.79 Å². The summed E-state index contributed by atoms with van der Waals surface area (Å²) in [5, 5.41) is 15.8. The van der Waals surface area contributed by atoms with Crippen LogP contribution < -0.4 is 15.8 Å². The Morgan fingerprint density at radius 1 is 1.47 bits per heavy atom. The Bertz CT molecular complexity index is 554. The van der Waals surface area contributed by atoms with E-state index < -0.39 is 0 Å². The van der Waals surface area contributed by atoms with Crippen LogP contribution in [0.1, 0.15) is 23.1 Å². The zero-order valence-electron chi connectivity index (χ0n) is 10.4. The molecule has 8 heteroatoms. The summed E-state index contributed by atoms with van der Waals surface area (Å²) in [6.07, 6.45) is 0. The zero-order valence-corrected chi connectivity index (χ0v) is 10.4. The van der Waals surface area contributed by atoms with Gasteiger partial charge in [-0.25, -0.2) is 0 Å². The van der Waals surface area contributed by atoms with Crippen LogP contribution >= 0.6 is 0 Å². The van der Waals surface area contributed by atoms with E-state index in [1.165, 1.54) is 0 Å². The summed E-state index contributed by atoms with van der Waals surface area (Å²) < 4.78 is 5.33. The molecule has 0 saturated carbocycles. The highest BCUT2D eigenvalue weighted by Gasteiger charge is 2.09. The number of benzene rings is 1. The molecule has 0 bridgehead atoms. The van der Waals surface area contributed by atoms with E-state index in [-0.39, 0.29) is 12.5 Å². The third-order valence-electron chi connectivity index (χ3n) is 2.30. The molecule has 1 heterocycles. The number of carbonyl (C=O) groups is 1. The molecule has 2 rings (SSSR count). The molecule has 0 radical (unpaired) electrons. The van der Waals surface area contributed by atoms with Crippen molar-refractivity contribution < 1.29 is 9.53 Å². The summed E-state index contributed by atoms with van der Waals surface area (Å²) in [5.74, 6) is 0.688. The summed E-state index contributed by atoms with van der Waals surface area (Å²) in [6, 6.07) is 4.87. The summed E-state index contributed by atoms with van der Waals surface area (Å²) in [6.45, 7) is 2.56. The quantitative estimate of drug-likeness (QED) is 0.658. The second-order valence-corrected chi connectivity index (χ2v) is 3.73. The van der Waals surface area contributed by atoms with Crippen molar-refractivity contribution in [1.82, 2.24) is 25.9 Å². The lowest BCUT2D eigenvalue weighted by molar-refractivity contribution is 0.0949. The molecule has 0 fully saturated rings. The maximum Gasteiger partial charge on any atom is 0.251 e. The second-order valence-electron chi connectivity index (χ2n) is 3.73. The Hall–Kier alpha value is -2.64. The van der Waals surface area contributed by atoms with E-state index in [1.807, 2.05) is 6.92 Å². The van der Waals surface area contributed by atoms with E-state index in [9.17, 15) is 4.79 Å². The minimum atomic E-state index is -0.280. The smallest absolute Gasteiger partial charge is 0.251 e. The van der Waals surface area contributed by atoms with Crippen LogP contribution in [0, 0.1) is 0 Å². The Morgan fingerprint density at radius 3 is 3.00 bits per heavy atom. The van der Waals surface area contributed by atoms with Gasteiger partial charge < -0.3 is 15.8 Å². The van der Waals surface area contributed by atoms with Crippen LogP contribution in [0.15, 0.2) is 18.2 Å². The van der Waals surface area contributed by atoms with Crippen LogP contribution in [0.25, 0.3) is 0 Å². The highest BCUT2D eigenvalue weighted by molar-refractivity contribution is 5.95. The summed E-state index contributed by atoms with van der Waals surface area (Å²) in [4.78, 5) is 11.9. The molecule has 4 N–H and O–H groups in total. The molecular formula is C11H14N6O2. The average molecular weight is 262 g/mol. The predicted molar refractivity (Wildman–Crippen MR) is 67.4 cm³/mol. The molecule has 0 aliphatic carbocycles. The van der Waals surface area contributed by atoms with Crippen molar-refractivity contribution in [3.8, 4) is 5.75 Å². The maximum absolute atomic E-state index is 11.9. The normalized spacial score (nSPS) is 10.2. The number of carbonyl (C=O) groups excluding carboxylic acids is 1. The van der Waals surface area contributed by atoms with Crippen LogP contribution in [-0.2, 0) is 6.54 Å². The number of hydrogen-bond donors (Lipinski definition) is 3. The van der Waals surface area contributed by atoms with Crippen LogP contribution in [0.4, 0.5) is 5.69 Å². The standard InChI is InChI=1S/C11H14N6O2/c1-2-19-9-4-7(3-8(12)5-9)11(18)13-6-10-14-16-17-15-10/h3-5H,2,6,12H2,1H3,(H,13,18)(H,14,15,16,17). The van der Waals surface area contributed by atoms with E-state index in [4.69, 9.17) is 10.5 Å². The molecule has 1 aromatic carbocycles. The van der Waals surface area contributed by atoms with Crippen LogP contribution in [-0.4, -0.2) is 33.1 Å². The number of nitrogens with zero attached hydrogens (tertiary/aromatic N) is 3. The van der Waals surface area contributed by atoms with Crippen LogP contribution in [0.3, 0.4) is 0 Å². The maximum atomic E-state index is 11.9. The number of hydrogen-bond acceptors (Lipinski definition) is 6. The van der Waals surface area contributed by atoms with Gasteiger partial charge in [0.05, 0.1) is 13.2 Å². The SMILES string of the molecule is CCOc1cc(N)cc(C(=O)NCc2nn[nH]n2)c1. The molecular weight excluding hydrogens is 248 g/mol. The Labute approximate surface area is 109 Å². The van der Waals surface area contributed by atoms with Crippen LogP contribution in [0.2, 0.25) is 0 Å². The Kier molecular flexibility index (Phi) is 3.91. The molecule has 0 saturated heterocycles. The van der Waals surface area contributed by atoms with Gasteiger partial charge in [0.25, 0.3) is 5.91 Å². The van der Waals surface area contributed by atoms with E-state index in [0.717, 1.165) is 0 Å². The van der Waals surface area contributed by atoms with Crippen LogP contribution in [0.5, 0.6) is 5.75 Å². The number of amides is 1. The molecule has 19 heavy (non-hydrogen) atoms. The second kappa shape index (κ2) is 5.80. The molecule has 0 atom stereocenters. The van der Waals surface area contributed by atoms with Gasteiger partial charge in [-0.1, -0.05) is 5.21 Å². The Morgan fingerprint density at radius 2 is 2.32 bits per heavy atom.